The zero-order chi connectivity index (χ0) is 25.5. The first kappa shape index (κ1) is 23.9. The molecule has 1 aliphatic carbocycles. The van der Waals surface area contributed by atoms with Gasteiger partial charge in [-0.05, 0) is 98.3 Å². The average Bonchev–Trinajstić information content (AvgIpc) is 3.62. The summed E-state index contributed by atoms with van der Waals surface area (Å²) in [6, 6.07) is 11.3. The summed E-state index contributed by atoms with van der Waals surface area (Å²) in [5, 5.41) is 9.40. The number of H-pyrrole nitrogens is 1. The summed E-state index contributed by atoms with van der Waals surface area (Å²) in [6.07, 6.45) is 10.8. The fraction of sp³-hybridized carbons (Fsp3) is 0.433. The normalized spacial score (nSPS) is 17.1. The molecule has 4 aromatic rings. The van der Waals surface area contributed by atoms with Crippen molar-refractivity contribution in [2.24, 2.45) is 5.92 Å². The van der Waals surface area contributed by atoms with E-state index in [0.717, 1.165) is 34.9 Å². The van der Waals surface area contributed by atoms with E-state index in [-0.39, 0.29) is 5.56 Å². The van der Waals surface area contributed by atoms with Gasteiger partial charge in [-0.3, -0.25) is 9.48 Å². The SMILES string of the molecule is Cc1cc(Nc2nc(-c3cnn(CC(C)C)c3)cc3cc[nH]c(=O)c23)ccc1C1CCN(C2CC2)CC1. The van der Waals surface area contributed by atoms with Crippen molar-refractivity contribution in [1.82, 2.24) is 24.6 Å². The quantitative estimate of drug-likeness (QED) is 0.336. The first-order chi connectivity index (χ1) is 17.9. The van der Waals surface area contributed by atoms with Gasteiger partial charge in [-0.2, -0.15) is 5.10 Å². The number of fused-ring (bicyclic) bond motifs is 1. The van der Waals surface area contributed by atoms with Crippen LogP contribution >= 0.6 is 0 Å². The zero-order valence-corrected chi connectivity index (χ0v) is 22.0. The Hall–Kier alpha value is -3.45. The highest BCUT2D eigenvalue weighted by Gasteiger charge is 2.32. The van der Waals surface area contributed by atoms with Gasteiger partial charge in [-0.1, -0.05) is 19.9 Å². The number of nitrogens with zero attached hydrogens (tertiary/aromatic N) is 4. The number of anilines is 2. The second-order valence-corrected chi connectivity index (χ2v) is 11.2. The fourth-order valence-corrected chi connectivity index (χ4v) is 5.79. The van der Waals surface area contributed by atoms with Crippen LogP contribution in [-0.4, -0.2) is 43.8 Å². The van der Waals surface area contributed by atoms with Gasteiger partial charge in [-0.15, -0.1) is 0 Å². The van der Waals surface area contributed by atoms with E-state index in [4.69, 9.17) is 4.98 Å². The Balaban J connectivity index is 1.29. The third kappa shape index (κ3) is 5.05. The number of benzene rings is 1. The highest BCUT2D eigenvalue weighted by Crippen LogP contribution is 2.36. The lowest BCUT2D eigenvalue weighted by atomic mass is 9.86. The van der Waals surface area contributed by atoms with E-state index in [0.29, 0.717) is 23.0 Å². The van der Waals surface area contributed by atoms with E-state index in [9.17, 15) is 4.79 Å². The van der Waals surface area contributed by atoms with Crippen LogP contribution in [-0.2, 0) is 6.54 Å². The van der Waals surface area contributed by atoms with Crippen LogP contribution in [0.5, 0.6) is 0 Å². The minimum Gasteiger partial charge on any atom is -0.340 e. The molecule has 0 amide bonds. The summed E-state index contributed by atoms with van der Waals surface area (Å²) in [7, 11) is 0. The third-order valence-electron chi connectivity index (χ3n) is 7.80. The van der Waals surface area contributed by atoms with Crippen LogP contribution in [0, 0.1) is 12.8 Å². The van der Waals surface area contributed by atoms with Crippen LogP contribution in [0.25, 0.3) is 22.0 Å². The molecule has 0 unspecified atom stereocenters. The Morgan fingerprint density at radius 3 is 2.65 bits per heavy atom. The molecule has 7 nitrogen and oxygen atoms in total. The van der Waals surface area contributed by atoms with Crippen LogP contribution in [0.2, 0.25) is 0 Å². The molecule has 3 aromatic heterocycles. The van der Waals surface area contributed by atoms with E-state index in [1.54, 1.807) is 6.20 Å². The first-order valence-electron chi connectivity index (χ1n) is 13.6. The standard InChI is InChI=1S/C30H36N6O/c1-19(2)17-36-18-23(16-32-36)27-15-22-8-11-31-30(37)28(22)29(34-27)33-24-4-7-26(20(3)14-24)21-9-12-35(13-10-21)25-5-6-25/h4,7-8,11,14-16,18-19,21,25H,5-6,9-10,12-13,17H2,1-3H3,(H,31,37)(H,33,34). The maximum Gasteiger partial charge on any atom is 0.259 e. The number of hydrogen-bond donors (Lipinski definition) is 2. The van der Waals surface area contributed by atoms with Gasteiger partial charge in [0.2, 0.25) is 0 Å². The van der Waals surface area contributed by atoms with Gasteiger partial charge in [0.25, 0.3) is 5.56 Å². The molecule has 2 aliphatic rings. The Morgan fingerprint density at radius 2 is 1.92 bits per heavy atom. The molecule has 0 spiro atoms. The number of aromatic nitrogens is 4. The second-order valence-electron chi connectivity index (χ2n) is 11.2. The van der Waals surface area contributed by atoms with E-state index >= 15 is 0 Å². The summed E-state index contributed by atoms with van der Waals surface area (Å²) in [5.74, 6) is 1.69. The van der Waals surface area contributed by atoms with Crippen LogP contribution < -0.4 is 10.9 Å². The molecule has 6 rings (SSSR count). The lowest BCUT2D eigenvalue weighted by molar-refractivity contribution is 0.203. The predicted molar refractivity (Wildman–Crippen MR) is 149 cm³/mol. The van der Waals surface area contributed by atoms with Crippen LogP contribution in [0.4, 0.5) is 11.5 Å². The predicted octanol–water partition coefficient (Wildman–Crippen LogP) is 5.84. The number of likely N-dealkylation sites (tertiary alicyclic amines) is 1. The number of hydrogen-bond acceptors (Lipinski definition) is 5. The number of aromatic amines is 1. The molecule has 2 fully saturated rings. The number of rotatable bonds is 7. The second kappa shape index (κ2) is 9.78. The zero-order valence-electron chi connectivity index (χ0n) is 22.0. The van der Waals surface area contributed by atoms with Gasteiger partial charge in [-0.25, -0.2) is 4.98 Å². The van der Waals surface area contributed by atoms with Gasteiger partial charge in [0.1, 0.15) is 5.82 Å². The Kier molecular flexibility index (Phi) is 6.32. The van der Waals surface area contributed by atoms with Gasteiger partial charge in [0.15, 0.2) is 0 Å². The fourth-order valence-electron chi connectivity index (χ4n) is 5.79. The van der Waals surface area contributed by atoms with E-state index < -0.39 is 0 Å². The molecule has 1 aliphatic heterocycles. The lowest BCUT2D eigenvalue weighted by Crippen LogP contribution is -2.34. The minimum atomic E-state index is -0.148. The van der Waals surface area contributed by atoms with Crippen molar-refractivity contribution in [3.05, 3.63) is 70.4 Å². The van der Waals surface area contributed by atoms with E-state index in [2.05, 4.69) is 59.3 Å². The largest absolute Gasteiger partial charge is 0.340 e. The van der Waals surface area contributed by atoms with Gasteiger partial charge in [0, 0.05) is 36.2 Å². The summed E-state index contributed by atoms with van der Waals surface area (Å²) in [6.45, 7) is 9.83. The molecular weight excluding hydrogens is 460 g/mol. The van der Waals surface area contributed by atoms with Crippen molar-refractivity contribution in [1.29, 1.82) is 0 Å². The molecule has 37 heavy (non-hydrogen) atoms. The van der Waals surface area contributed by atoms with Crippen molar-refractivity contribution in [3.63, 3.8) is 0 Å². The molecule has 192 valence electrons. The van der Waals surface area contributed by atoms with Crippen molar-refractivity contribution < 1.29 is 0 Å². The summed E-state index contributed by atoms with van der Waals surface area (Å²) >= 11 is 0. The maximum atomic E-state index is 12.8. The molecule has 1 saturated heterocycles. The monoisotopic (exact) mass is 496 g/mol. The first-order valence-corrected chi connectivity index (χ1v) is 13.6. The molecule has 0 radical (unpaired) electrons. The van der Waals surface area contributed by atoms with Crippen LogP contribution in [0.3, 0.4) is 0 Å². The highest BCUT2D eigenvalue weighted by molar-refractivity contribution is 5.95. The van der Waals surface area contributed by atoms with E-state index in [1.165, 1.54) is 49.9 Å². The Bertz CT molecular complexity index is 1470. The molecule has 0 bridgehead atoms. The number of pyridine rings is 2. The summed E-state index contributed by atoms with van der Waals surface area (Å²) in [5.41, 5.74) is 5.27. The molecule has 1 saturated carbocycles. The van der Waals surface area contributed by atoms with Crippen molar-refractivity contribution in [3.8, 4) is 11.3 Å². The molecule has 1 aromatic carbocycles. The van der Waals surface area contributed by atoms with Gasteiger partial charge >= 0.3 is 0 Å². The summed E-state index contributed by atoms with van der Waals surface area (Å²) in [4.78, 5) is 23.2. The number of nitrogens with one attached hydrogen (secondary N) is 2. The third-order valence-corrected chi connectivity index (χ3v) is 7.80. The van der Waals surface area contributed by atoms with Gasteiger partial charge in [0.05, 0.1) is 17.3 Å². The number of piperidine rings is 1. The van der Waals surface area contributed by atoms with Crippen LogP contribution in [0.15, 0.2) is 53.7 Å². The molecule has 2 N–H and O–H groups in total. The average molecular weight is 497 g/mol. The van der Waals surface area contributed by atoms with E-state index in [1.807, 2.05) is 29.2 Å². The van der Waals surface area contributed by atoms with Crippen molar-refractivity contribution in [2.45, 2.75) is 65.0 Å². The van der Waals surface area contributed by atoms with Gasteiger partial charge < -0.3 is 15.2 Å². The maximum absolute atomic E-state index is 12.8. The topological polar surface area (TPSA) is 78.8 Å². The molecule has 0 atom stereocenters. The summed E-state index contributed by atoms with van der Waals surface area (Å²) < 4.78 is 1.95. The molecule has 4 heterocycles. The molecule has 7 heteroatoms. The Labute approximate surface area is 217 Å². The number of aryl methyl sites for hydroxylation is 1. The smallest absolute Gasteiger partial charge is 0.259 e. The minimum absolute atomic E-state index is 0.148. The van der Waals surface area contributed by atoms with Crippen molar-refractivity contribution in [2.75, 3.05) is 18.4 Å². The lowest BCUT2D eigenvalue weighted by Gasteiger charge is -2.33. The molecular formula is C30H36N6O. The highest BCUT2D eigenvalue weighted by atomic mass is 16.1. The van der Waals surface area contributed by atoms with Crippen LogP contribution in [0.1, 0.15) is 56.6 Å². The van der Waals surface area contributed by atoms with Crippen molar-refractivity contribution >= 4 is 22.3 Å². The Morgan fingerprint density at radius 1 is 1.11 bits per heavy atom.